The van der Waals surface area contributed by atoms with E-state index in [9.17, 15) is 21.6 Å². The third-order valence-electron chi connectivity index (χ3n) is 4.31. The molecule has 0 fully saturated rings. The van der Waals surface area contributed by atoms with Crippen LogP contribution in [0.3, 0.4) is 0 Å². The summed E-state index contributed by atoms with van der Waals surface area (Å²) in [4.78, 5) is 12.0. The number of halogens is 3. The maximum Gasteiger partial charge on any atom is 0.417 e. The third kappa shape index (κ3) is 2.71. The first-order valence-corrected chi connectivity index (χ1v) is 9.74. The van der Waals surface area contributed by atoms with Gasteiger partial charge in [-0.25, -0.2) is 18.4 Å². The Kier molecular flexibility index (Phi) is 3.93. The summed E-state index contributed by atoms with van der Waals surface area (Å²) >= 11 is 0. The topological polar surface area (TPSA) is 95.6 Å². The van der Waals surface area contributed by atoms with Crippen molar-refractivity contribution in [3.63, 3.8) is 0 Å². The van der Waals surface area contributed by atoms with Gasteiger partial charge in [-0.1, -0.05) is 6.92 Å². The predicted molar refractivity (Wildman–Crippen MR) is 93.7 cm³/mol. The first-order chi connectivity index (χ1) is 13.1. The smallest absolute Gasteiger partial charge is 0.296 e. The largest absolute Gasteiger partial charge is 0.417 e. The molecule has 4 rings (SSSR count). The summed E-state index contributed by atoms with van der Waals surface area (Å²) in [5.74, 6) is -0.152. The average molecular weight is 410 g/mol. The van der Waals surface area contributed by atoms with E-state index in [1.54, 1.807) is 0 Å². The monoisotopic (exact) mass is 410 g/mol. The van der Waals surface area contributed by atoms with Crippen molar-refractivity contribution in [3.05, 3.63) is 36.3 Å². The molecule has 0 aliphatic heterocycles. The molecule has 12 heteroatoms. The van der Waals surface area contributed by atoms with Crippen molar-refractivity contribution in [1.82, 2.24) is 29.3 Å². The quantitative estimate of drug-likeness (QED) is 0.515. The van der Waals surface area contributed by atoms with Gasteiger partial charge in [0.25, 0.3) is 0 Å². The number of hydrogen-bond acceptors (Lipinski definition) is 6. The molecule has 146 valence electrons. The molecule has 28 heavy (non-hydrogen) atoms. The molecule has 0 radical (unpaired) electrons. The number of alkyl halides is 3. The molecule has 0 saturated heterocycles. The summed E-state index contributed by atoms with van der Waals surface area (Å²) in [6, 6.07) is 2.38. The van der Waals surface area contributed by atoms with Crippen LogP contribution in [-0.4, -0.2) is 43.5 Å². The molecule has 0 unspecified atom stereocenters. The maximum atomic E-state index is 13.0. The summed E-state index contributed by atoms with van der Waals surface area (Å²) in [6.45, 7) is 1.49. The van der Waals surface area contributed by atoms with Gasteiger partial charge in [0.1, 0.15) is 11.0 Å². The van der Waals surface area contributed by atoms with E-state index >= 15 is 0 Å². The van der Waals surface area contributed by atoms with E-state index < -0.39 is 21.6 Å². The van der Waals surface area contributed by atoms with Gasteiger partial charge in [-0.3, -0.25) is 9.55 Å². The van der Waals surface area contributed by atoms with Crippen LogP contribution in [0.25, 0.3) is 28.0 Å². The molecule has 4 heterocycles. The van der Waals surface area contributed by atoms with Gasteiger partial charge in [0.15, 0.2) is 20.5 Å². The van der Waals surface area contributed by atoms with Gasteiger partial charge in [0.2, 0.25) is 5.95 Å². The van der Waals surface area contributed by atoms with Gasteiger partial charge in [-0.2, -0.15) is 23.0 Å². The molecular weight excluding hydrogens is 397 g/mol. The van der Waals surface area contributed by atoms with Crippen LogP contribution in [-0.2, 0) is 23.1 Å². The van der Waals surface area contributed by atoms with E-state index in [2.05, 4.69) is 20.1 Å². The summed E-state index contributed by atoms with van der Waals surface area (Å²) in [5.41, 5.74) is -0.475. The van der Waals surface area contributed by atoms with Crippen LogP contribution in [0.1, 0.15) is 12.5 Å². The Morgan fingerprint density at radius 1 is 1.18 bits per heavy atom. The first kappa shape index (κ1) is 18.3. The summed E-state index contributed by atoms with van der Waals surface area (Å²) in [5, 5.41) is 4.53. The van der Waals surface area contributed by atoms with Gasteiger partial charge in [-0.15, -0.1) is 0 Å². The van der Waals surface area contributed by atoms with Crippen molar-refractivity contribution in [3.8, 4) is 5.95 Å². The lowest BCUT2D eigenvalue weighted by Crippen LogP contribution is -2.14. The normalized spacial score (nSPS) is 12.9. The Morgan fingerprint density at radius 3 is 2.61 bits per heavy atom. The van der Waals surface area contributed by atoms with E-state index in [0.717, 1.165) is 10.7 Å². The summed E-state index contributed by atoms with van der Waals surface area (Å²) in [6.07, 6.45) is -1.01. The zero-order chi connectivity index (χ0) is 20.3. The molecule has 0 spiro atoms. The fraction of sp³-hybridized carbons (Fsp3) is 0.250. The highest BCUT2D eigenvalue weighted by Gasteiger charge is 2.32. The fourth-order valence-electron chi connectivity index (χ4n) is 2.89. The van der Waals surface area contributed by atoms with Crippen molar-refractivity contribution in [1.29, 1.82) is 0 Å². The standard InChI is InChI=1S/C16H13F3N6O2S/c1-3-28(26,27)14-10-4-5-20-8-12(10)23-25(14)15-22-11-6-9(16(17,18)19)7-21-13(11)24(15)2/h4-8H,3H2,1-2H3. The molecule has 0 aliphatic rings. The van der Waals surface area contributed by atoms with E-state index in [-0.39, 0.29) is 27.9 Å². The molecule has 0 atom stereocenters. The zero-order valence-corrected chi connectivity index (χ0v) is 15.5. The summed E-state index contributed by atoms with van der Waals surface area (Å²) < 4.78 is 66.8. The van der Waals surface area contributed by atoms with Crippen LogP contribution in [0, 0.1) is 0 Å². The SMILES string of the molecule is CCS(=O)(=O)c1c2ccncc2nn1-c1nc2cc(C(F)(F)F)cnc2n1C. The van der Waals surface area contributed by atoms with Crippen LogP contribution in [0.15, 0.2) is 35.7 Å². The van der Waals surface area contributed by atoms with Crippen molar-refractivity contribution in [2.24, 2.45) is 7.05 Å². The van der Waals surface area contributed by atoms with Gasteiger partial charge in [-0.05, 0) is 12.1 Å². The van der Waals surface area contributed by atoms with E-state index in [1.165, 1.54) is 37.0 Å². The maximum absolute atomic E-state index is 13.0. The highest BCUT2D eigenvalue weighted by Crippen LogP contribution is 2.31. The van der Waals surface area contributed by atoms with Crippen molar-refractivity contribution in [2.75, 3.05) is 5.75 Å². The Labute approximate surface area is 156 Å². The van der Waals surface area contributed by atoms with Crippen LogP contribution < -0.4 is 0 Å². The van der Waals surface area contributed by atoms with Crippen LogP contribution in [0.2, 0.25) is 0 Å². The Hall–Kier alpha value is -3.02. The fourth-order valence-corrected chi connectivity index (χ4v) is 4.06. The highest BCUT2D eigenvalue weighted by molar-refractivity contribution is 7.91. The number of sulfone groups is 1. The molecule has 0 aliphatic carbocycles. The van der Waals surface area contributed by atoms with E-state index in [4.69, 9.17) is 0 Å². The Bertz CT molecular complexity index is 1320. The Balaban J connectivity index is 2.04. The van der Waals surface area contributed by atoms with Gasteiger partial charge >= 0.3 is 6.18 Å². The lowest BCUT2D eigenvalue weighted by atomic mass is 10.2. The molecule has 0 N–H and O–H groups in total. The second kappa shape index (κ2) is 5.99. The third-order valence-corrected chi connectivity index (χ3v) is 6.05. The minimum Gasteiger partial charge on any atom is -0.296 e. The van der Waals surface area contributed by atoms with Crippen LogP contribution >= 0.6 is 0 Å². The minimum atomic E-state index is -4.57. The zero-order valence-electron chi connectivity index (χ0n) is 14.6. The van der Waals surface area contributed by atoms with Gasteiger partial charge in [0.05, 0.1) is 17.5 Å². The molecule has 8 nitrogen and oxygen atoms in total. The van der Waals surface area contributed by atoms with Crippen LogP contribution in [0.5, 0.6) is 0 Å². The molecule has 0 amide bonds. The van der Waals surface area contributed by atoms with Gasteiger partial charge < -0.3 is 0 Å². The molecule has 0 aromatic carbocycles. The van der Waals surface area contributed by atoms with Crippen molar-refractivity contribution >= 4 is 31.9 Å². The van der Waals surface area contributed by atoms with Crippen molar-refractivity contribution < 1.29 is 21.6 Å². The van der Waals surface area contributed by atoms with Crippen LogP contribution in [0.4, 0.5) is 13.2 Å². The number of fused-ring (bicyclic) bond motifs is 2. The number of aromatic nitrogens is 6. The first-order valence-electron chi connectivity index (χ1n) is 8.09. The second-order valence-corrected chi connectivity index (χ2v) is 8.24. The molecule has 4 aromatic rings. The van der Waals surface area contributed by atoms with E-state index in [0.29, 0.717) is 17.1 Å². The van der Waals surface area contributed by atoms with Gasteiger partial charge in [0, 0.05) is 24.8 Å². The summed E-state index contributed by atoms with van der Waals surface area (Å²) in [7, 11) is -2.20. The molecular formula is C16H13F3N6O2S. The van der Waals surface area contributed by atoms with Crippen molar-refractivity contribution in [2.45, 2.75) is 18.1 Å². The minimum absolute atomic E-state index is 0.0233. The number of rotatable bonds is 3. The molecule has 4 aromatic heterocycles. The lowest BCUT2D eigenvalue weighted by molar-refractivity contribution is -0.137. The number of pyridine rings is 2. The highest BCUT2D eigenvalue weighted by atomic mass is 32.2. The molecule has 0 bridgehead atoms. The number of aryl methyl sites for hydroxylation is 1. The lowest BCUT2D eigenvalue weighted by Gasteiger charge is -2.07. The second-order valence-electron chi connectivity index (χ2n) is 6.05. The molecule has 0 saturated carbocycles. The number of hydrogen-bond donors (Lipinski definition) is 0. The Morgan fingerprint density at radius 2 is 1.93 bits per heavy atom. The number of nitrogens with zero attached hydrogens (tertiary/aromatic N) is 6. The van der Waals surface area contributed by atoms with E-state index in [1.807, 2.05) is 0 Å². The average Bonchev–Trinajstić information content (AvgIpc) is 3.19. The predicted octanol–water partition coefficient (Wildman–Crippen LogP) is 2.51. The number of imidazole rings is 1.